The van der Waals surface area contributed by atoms with Crippen LogP contribution in [0.15, 0.2) is 52.0 Å². The molecule has 0 aliphatic carbocycles. The maximum Gasteiger partial charge on any atom is 0.247 e. The van der Waals surface area contributed by atoms with E-state index >= 15 is 0 Å². The summed E-state index contributed by atoms with van der Waals surface area (Å²) in [6, 6.07) is 13.4. The molecule has 0 atom stereocenters. The lowest BCUT2D eigenvalue weighted by molar-refractivity contribution is 0.416. The highest BCUT2D eigenvalue weighted by molar-refractivity contribution is 7.98. The maximum absolute atomic E-state index is 6.18. The Kier molecular flexibility index (Phi) is 6.06. The molecule has 0 unspecified atom stereocenters. The van der Waals surface area contributed by atoms with Crippen LogP contribution in [0.5, 0.6) is 5.75 Å². The molecule has 2 aromatic carbocycles. The first-order valence-electron chi connectivity index (χ1n) is 9.38. The Hall–Kier alpha value is -2.84. The van der Waals surface area contributed by atoms with E-state index < -0.39 is 0 Å². The molecule has 0 saturated heterocycles. The minimum atomic E-state index is 0.490. The lowest BCUT2D eigenvalue weighted by Crippen LogP contribution is -2.01. The van der Waals surface area contributed by atoms with E-state index in [1.807, 2.05) is 54.8 Å². The molecule has 0 saturated carbocycles. The summed E-state index contributed by atoms with van der Waals surface area (Å²) in [5.74, 6) is 2.92. The van der Waals surface area contributed by atoms with Crippen molar-refractivity contribution in [3.05, 3.63) is 58.9 Å². The number of nitrogens with zero attached hydrogens (tertiary/aromatic N) is 5. The Balaban J connectivity index is 1.55. The summed E-state index contributed by atoms with van der Waals surface area (Å²) in [5, 5.41) is 18.4. The van der Waals surface area contributed by atoms with E-state index in [2.05, 4.69) is 20.4 Å². The number of aryl methyl sites for hydroxylation is 1. The van der Waals surface area contributed by atoms with E-state index in [0.717, 1.165) is 21.8 Å². The zero-order chi connectivity index (χ0) is 21.1. The second-order valence-electron chi connectivity index (χ2n) is 6.55. The third-order valence-electron chi connectivity index (χ3n) is 4.49. The van der Waals surface area contributed by atoms with Gasteiger partial charge in [-0.15, -0.1) is 20.4 Å². The molecular formula is C21H20ClN5O2S. The Morgan fingerprint density at radius 2 is 1.97 bits per heavy atom. The summed E-state index contributed by atoms with van der Waals surface area (Å²) in [4.78, 5) is 0. The summed E-state index contributed by atoms with van der Waals surface area (Å²) in [7, 11) is 1.62. The SMILES string of the molecule is CCn1c(SCc2nnc(-c3cccc(C)c3)o2)nnc1-c1cc(Cl)ccc1OC. The summed E-state index contributed by atoms with van der Waals surface area (Å²) >= 11 is 7.67. The highest BCUT2D eigenvalue weighted by atomic mass is 35.5. The molecule has 154 valence electrons. The minimum absolute atomic E-state index is 0.490. The van der Waals surface area contributed by atoms with Gasteiger partial charge >= 0.3 is 0 Å². The van der Waals surface area contributed by atoms with Gasteiger partial charge in [-0.05, 0) is 44.2 Å². The molecule has 2 aromatic heterocycles. The van der Waals surface area contributed by atoms with Crippen molar-refractivity contribution in [1.82, 2.24) is 25.0 Å². The van der Waals surface area contributed by atoms with Crippen LogP contribution in [0.3, 0.4) is 0 Å². The Labute approximate surface area is 183 Å². The van der Waals surface area contributed by atoms with Crippen LogP contribution in [0.2, 0.25) is 5.02 Å². The van der Waals surface area contributed by atoms with Crippen molar-refractivity contribution >= 4 is 23.4 Å². The lowest BCUT2D eigenvalue weighted by Gasteiger charge is -2.10. The maximum atomic E-state index is 6.18. The van der Waals surface area contributed by atoms with Crippen LogP contribution in [0.1, 0.15) is 18.4 Å². The van der Waals surface area contributed by atoms with E-state index in [0.29, 0.717) is 40.7 Å². The largest absolute Gasteiger partial charge is 0.496 e. The number of aromatic nitrogens is 5. The van der Waals surface area contributed by atoms with E-state index in [1.165, 1.54) is 11.8 Å². The Morgan fingerprint density at radius 3 is 2.73 bits per heavy atom. The summed E-state index contributed by atoms with van der Waals surface area (Å²) in [6.45, 7) is 4.76. The number of thioether (sulfide) groups is 1. The molecule has 0 aliphatic heterocycles. The molecule has 0 bridgehead atoms. The number of methoxy groups -OCH3 is 1. The van der Waals surface area contributed by atoms with Gasteiger partial charge in [-0.3, -0.25) is 0 Å². The summed E-state index contributed by atoms with van der Waals surface area (Å²) in [5.41, 5.74) is 2.85. The lowest BCUT2D eigenvalue weighted by atomic mass is 10.1. The number of halogens is 1. The average Bonchev–Trinajstić information content (AvgIpc) is 3.39. The van der Waals surface area contributed by atoms with Gasteiger partial charge in [-0.1, -0.05) is 41.1 Å². The fraction of sp³-hybridized carbons (Fsp3) is 0.238. The van der Waals surface area contributed by atoms with Gasteiger partial charge in [0.05, 0.1) is 18.4 Å². The van der Waals surface area contributed by atoms with Crippen molar-refractivity contribution < 1.29 is 9.15 Å². The highest BCUT2D eigenvalue weighted by Gasteiger charge is 2.18. The molecule has 9 heteroatoms. The Morgan fingerprint density at radius 1 is 1.10 bits per heavy atom. The van der Waals surface area contributed by atoms with Crippen LogP contribution in [0, 0.1) is 6.92 Å². The van der Waals surface area contributed by atoms with Gasteiger partial charge in [-0.2, -0.15) is 0 Å². The van der Waals surface area contributed by atoms with E-state index in [9.17, 15) is 0 Å². The molecule has 4 aromatic rings. The topological polar surface area (TPSA) is 78.9 Å². The normalized spacial score (nSPS) is 11.1. The standard InChI is InChI=1S/C21H20ClN5O2S/c1-4-27-19(16-11-15(22)8-9-17(16)28-3)24-26-21(27)30-12-18-23-25-20(29-18)14-7-5-6-13(2)10-14/h5-11H,4,12H2,1-3H3. The fourth-order valence-corrected chi connectivity index (χ4v) is 4.08. The van der Waals surface area contributed by atoms with Crippen molar-refractivity contribution in [2.45, 2.75) is 31.3 Å². The fourth-order valence-electron chi connectivity index (χ4n) is 3.07. The zero-order valence-corrected chi connectivity index (χ0v) is 18.4. The van der Waals surface area contributed by atoms with E-state index in [1.54, 1.807) is 13.2 Å². The van der Waals surface area contributed by atoms with Crippen molar-refractivity contribution in [2.75, 3.05) is 7.11 Å². The van der Waals surface area contributed by atoms with Crippen molar-refractivity contribution in [2.24, 2.45) is 0 Å². The van der Waals surface area contributed by atoms with Crippen LogP contribution in [0.4, 0.5) is 0 Å². The molecule has 0 spiro atoms. The summed E-state index contributed by atoms with van der Waals surface area (Å²) in [6.07, 6.45) is 0. The van der Waals surface area contributed by atoms with Gasteiger partial charge in [0.1, 0.15) is 5.75 Å². The molecular weight excluding hydrogens is 422 g/mol. The smallest absolute Gasteiger partial charge is 0.247 e. The summed E-state index contributed by atoms with van der Waals surface area (Å²) < 4.78 is 13.3. The van der Waals surface area contributed by atoms with Crippen LogP contribution in [0.25, 0.3) is 22.8 Å². The number of ether oxygens (including phenoxy) is 1. The van der Waals surface area contributed by atoms with Crippen molar-refractivity contribution in [3.63, 3.8) is 0 Å². The van der Waals surface area contributed by atoms with Gasteiger partial charge in [0.15, 0.2) is 11.0 Å². The molecule has 0 amide bonds. The molecule has 7 nitrogen and oxygen atoms in total. The number of hydrogen-bond acceptors (Lipinski definition) is 7. The molecule has 2 heterocycles. The monoisotopic (exact) mass is 441 g/mol. The number of benzene rings is 2. The Bertz CT molecular complexity index is 1170. The van der Waals surface area contributed by atoms with Crippen molar-refractivity contribution in [3.8, 4) is 28.6 Å². The van der Waals surface area contributed by atoms with Crippen LogP contribution in [-0.4, -0.2) is 32.1 Å². The second kappa shape index (κ2) is 8.89. The minimum Gasteiger partial charge on any atom is -0.496 e. The average molecular weight is 442 g/mol. The molecule has 30 heavy (non-hydrogen) atoms. The predicted octanol–water partition coefficient (Wildman–Crippen LogP) is 5.28. The third kappa shape index (κ3) is 4.20. The highest BCUT2D eigenvalue weighted by Crippen LogP contribution is 2.34. The molecule has 4 rings (SSSR count). The first-order valence-corrected chi connectivity index (χ1v) is 10.7. The number of hydrogen-bond donors (Lipinski definition) is 0. The molecule has 0 N–H and O–H groups in total. The molecule has 0 fully saturated rings. The van der Waals surface area contributed by atoms with Crippen LogP contribution in [-0.2, 0) is 12.3 Å². The van der Waals surface area contributed by atoms with Gasteiger partial charge in [0.25, 0.3) is 0 Å². The van der Waals surface area contributed by atoms with Gasteiger partial charge < -0.3 is 13.7 Å². The molecule has 0 radical (unpaired) electrons. The zero-order valence-electron chi connectivity index (χ0n) is 16.8. The second-order valence-corrected chi connectivity index (χ2v) is 7.93. The van der Waals surface area contributed by atoms with Gasteiger partial charge in [0, 0.05) is 17.1 Å². The first kappa shape index (κ1) is 20.4. The first-order chi connectivity index (χ1) is 14.6. The third-order valence-corrected chi connectivity index (χ3v) is 5.68. The predicted molar refractivity (Wildman–Crippen MR) is 117 cm³/mol. The van der Waals surface area contributed by atoms with Gasteiger partial charge in [-0.25, -0.2) is 0 Å². The van der Waals surface area contributed by atoms with Gasteiger partial charge in [0.2, 0.25) is 11.8 Å². The van der Waals surface area contributed by atoms with Crippen molar-refractivity contribution in [1.29, 1.82) is 0 Å². The van der Waals surface area contributed by atoms with Crippen LogP contribution < -0.4 is 4.74 Å². The number of rotatable bonds is 7. The van der Waals surface area contributed by atoms with E-state index in [4.69, 9.17) is 20.8 Å². The van der Waals surface area contributed by atoms with E-state index in [-0.39, 0.29) is 0 Å². The van der Waals surface area contributed by atoms with Crippen LogP contribution >= 0.6 is 23.4 Å². The quantitative estimate of drug-likeness (QED) is 0.361. The molecule has 0 aliphatic rings.